The summed E-state index contributed by atoms with van der Waals surface area (Å²) in [6.07, 6.45) is 5.22. The molecule has 1 aliphatic rings. The monoisotopic (exact) mass is 703 g/mol. The molecular weight excluding hydrogens is 670 g/mol. The molecular formula is C29H33N7OPb. The predicted octanol–water partition coefficient (Wildman–Crippen LogP) is 3.67. The van der Waals surface area contributed by atoms with Gasteiger partial charge in [0.05, 0.1) is 5.69 Å². The molecule has 1 aliphatic heterocycles. The number of hydrogen-bond donors (Lipinski definition) is 2. The number of aromatic nitrogens is 3. The molecule has 0 spiro atoms. The number of likely N-dealkylation sites (N-methyl/N-ethyl adjacent to an activating group) is 1. The van der Waals surface area contributed by atoms with Crippen LogP contribution in [-0.2, 0) is 6.54 Å². The number of anilines is 3. The van der Waals surface area contributed by atoms with Crippen LogP contribution in [0.2, 0.25) is 0 Å². The second-order valence-corrected chi connectivity index (χ2v) is 9.39. The van der Waals surface area contributed by atoms with E-state index >= 15 is 0 Å². The Labute approximate surface area is 243 Å². The first-order chi connectivity index (χ1) is 18.0. The molecule has 0 saturated carbocycles. The summed E-state index contributed by atoms with van der Waals surface area (Å²) in [4.78, 5) is 30.9. The van der Waals surface area contributed by atoms with Gasteiger partial charge in [0.1, 0.15) is 0 Å². The van der Waals surface area contributed by atoms with Crippen molar-refractivity contribution in [3.05, 3.63) is 95.9 Å². The fraction of sp³-hybridized carbons (Fsp3) is 0.241. The molecule has 0 bridgehead atoms. The molecule has 38 heavy (non-hydrogen) atoms. The summed E-state index contributed by atoms with van der Waals surface area (Å²) >= 11 is 0. The topological polar surface area (TPSA) is 86.3 Å². The number of hydrogen-bond acceptors (Lipinski definition) is 7. The summed E-state index contributed by atoms with van der Waals surface area (Å²) in [7, 11) is 2.16. The fourth-order valence-corrected chi connectivity index (χ4v) is 4.28. The van der Waals surface area contributed by atoms with E-state index in [1.54, 1.807) is 18.6 Å². The molecule has 8 nitrogen and oxygen atoms in total. The average Bonchev–Trinajstić information content (AvgIpc) is 2.93. The van der Waals surface area contributed by atoms with Crippen molar-refractivity contribution in [3.8, 4) is 11.3 Å². The molecule has 1 fully saturated rings. The molecule has 5 rings (SSSR count). The van der Waals surface area contributed by atoms with Gasteiger partial charge in [-0.2, -0.15) is 0 Å². The van der Waals surface area contributed by atoms with Crippen LogP contribution in [0.15, 0.2) is 79.3 Å². The van der Waals surface area contributed by atoms with Crippen molar-refractivity contribution in [1.82, 2.24) is 24.8 Å². The van der Waals surface area contributed by atoms with E-state index in [2.05, 4.69) is 42.4 Å². The first-order valence-electron chi connectivity index (χ1n) is 12.5. The number of rotatable bonds is 7. The molecule has 2 aromatic carbocycles. The van der Waals surface area contributed by atoms with Crippen molar-refractivity contribution in [3.63, 3.8) is 0 Å². The molecule has 3 heterocycles. The van der Waals surface area contributed by atoms with Crippen LogP contribution in [0.4, 0.5) is 17.3 Å². The van der Waals surface area contributed by atoms with E-state index in [0.717, 1.165) is 55.2 Å². The Balaban J connectivity index is 0.00000336. The summed E-state index contributed by atoms with van der Waals surface area (Å²) in [6.45, 7) is 7.24. The Morgan fingerprint density at radius 3 is 2.50 bits per heavy atom. The van der Waals surface area contributed by atoms with Crippen molar-refractivity contribution in [2.75, 3.05) is 43.9 Å². The summed E-state index contributed by atoms with van der Waals surface area (Å²) in [5.74, 6) is 0.333. The van der Waals surface area contributed by atoms with Crippen molar-refractivity contribution in [2.24, 2.45) is 0 Å². The number of amides is 1. The van der Waals surface area contributed by atoms with Crippen molar-refractivity contribution in [2.45, 2.75) is 13.5 Å². The Morgan fingerprint density at radius 2 is 1.76 bits per heavy atom. The van der Waals surface area contributed by atoms with Crippen LogP contribution in [0.25, 0.3) is 11.3 Å². The quantitative estimate of drug-likeness (QED) is 0.285. The molecule has 1 amide bonds. The number of nitrogens with zero attached hydrogens (tertiary/aromatic N) is 5. The molecule has 0 unspecified atom stereocenters. The van der Waals surface area contributed by atoms with E-state index in [4.69, 9.17) is 0 Å². The molecule has 0 atom stereocenters. The number of piperazine rings is 1. The van der Waals surface area contributed by atoms with Crippen molar-refractivity contribution in [1.29, 1.82) is 0 Å². The fourth-order valence-electron chi connectivity index (χ4n) is 4.28. The summed E-state index contributed by atoms with van der Waals surface area (Å²) < 4.78 is 0. The summed E-state index contributed by atoms with van der Waals surface area (Å²) in [5.41, 5.74) is 6.08. The molecule has 2 aromatic heterocycles. The molecule has 2 N–H and O–H groups in total. The predicted molar refractivity (Wildman–Crippen MR) is 155 cm³/mol. The third-order valence-corrected chi connectivity index (χ3v) is 6.57. The maximum absolute atomic E-state index is 12.9. The zero-order valence-electron chi connectivity index (χ0n) is 21.9. The number of carbonyl (C=O) groups is 1. The molecule has 4 aromatic rings. The third-order valence-electron chi connectivity index (χ3n) is 6.57. The molecule has 0 aliphatic carbocycles. The second kappa shape index (κ2) is 13.0. The van der Waals surface area contributed by atoms with Gasteiger partial charge in [-0.25, -0.2) is 9.97 Å². The Bertz CT molecular complexity index is 1360. The van der Waals surface area contributed by atoms with Gasteiger partial charge in [-0.3, -0.25) is 14.7 Å². The Kier molecular flexibility index (Phi) is 9.54. The minimum absolute atomic E-state index is 0. The van der Waals surface area contributed by atoms with E-state index in [1.165, 1.54) is 5.56 Å². The van der Waals surface area contributed by atoms with E-state index in [9.17, 15) is 4.79 Å². The molecule has 1 saturated heterocycles. The SMILES string of the molecule is Cc1ccc(NC(=O)c2ccc(CN3CCN(C)CC3)cc2)cc1Nc1nccc(-c2cccnc2)n1.[PbH2]. The van der Waals surface area contributed by atoms with Crippen LogP contribution >= 0.6 is 0 Å². The van der Waals surface area contributed by atoms with Gasteiger partial charge in [0.15, 0.2) is 0 Å². The van der Waals surface area contributed by atoms with Gasteiger partial charge < -0.3 is 15.5 Å². The zero-order chi connectivity index (χ0) is 25.6. The van der Waals surface area contributed by atoms with Crippen molar-refractivity contribution < 1.29 is 4.79 Å². The van der Waals surface area contributed by atoms with Gasteiger partial charge in [0.2, 0.25) is 5.95 Å². The van der Waals surface area contributed by atoms with Crippen LogP contribution in [-0.4, -0.2) is 91.2 Å². The van der Waals surface area contributed by atoms with E-state index in [1.807, 2.05) is 67.6 Å². The third kappa shape index (κ3) is 7.21. The van der Waals surface area contributed by atoms with Crippen LogP contribution in [0.1, 0.15) is 21.5 Å². The van der Waals surface area contributed by atoms with Crippen molar-refractivity contribution >= 4 is 50.5 Å². The Morgan fingerprint density at radius 1 is 0.974 bits per heavy atom. The first kappa shape index (κ1) is 27.8. The van der Waals surface area contributed by atoms with Gasteiger partial charge in [0, 0.05) is 73.8 Å². The number of aryl methyl sites for hydroxylation is 1. The normalized spacial score (nSPS) is 13.9. The average molecular weight is 703 g/mol. The van der Waals surface area contributed by atoms with E-state index < -0.39 is 0 Å². The molecule has 9 heteroatoms. The molecule has 2 radical (unpaired) electrons. The van der Waals surface area contributed by atoms with E-state index in [0.29, 0.717) is 17.2 Å². The zero-order valence-corrected chi connectivity index (χ0v) is 27.4. The number of nitrogens with one attached hydrogen (secondary N) is 2. The Hall–Kier alpha value is -3.22. The minimum atomic E-state index is -0.143. The van der Waals surface area contributed by atoms with Gasteiger partial charge >= 0.3 is 27.3 Å². The summed E-state index contributed by atoms with van der Waals surface area (Å²) in [6, 6.07) is 19.3. The summed E-state index contributed by atoms with van der Waals surface area (Å²) in [5, 5.41) is 6.29. The molecule has 194 valence electrons. The van der Waals surface area contributed by atoms with Crippen LogP contribution in [0.3, 0.4) is 0 Å². The van der Waals surface area contributed by atoms with Crippen LogP contribution in [0, 0.1) is 6.92 Å². The number of benzene rings is 2. The van der Waals surface area contributed by atoms with Crippen LogP contribution < -0.4 is 10.6 Å². The number of pyridine rings is 1. The van der Waals surface area contributed by atoms with Gasteiger partial charge in [-0.1, -0.05) is 18.2 Å². The van der Waals surface area contributed by atoms with E-state index in [-0.39, 0.29) is 33.2 Å². The van der Waals surface area contributed by atoms with Crippen LogP contribution in [0.5, 0.6) is 0 Å². The second-order valence-electron chi connectivity index (χ2n) is 9.39. The maximum atomic E-state index is 12.9. The standard InChI is InChI=1S/C29H31N7O.Pb.2H/c1-21-5-10-25(18-27(21)34-29-31-13-11-26(33-29)24-4-3-12-30-19-24)32-28(37)23-8-6-22(7-9-23)20-36-16-14-35(2)15-17-36;;;/h3-13,18-19H,14-17,20H2,1-2H3,(H,32,37)(H,31,33,34);;;. The van der Waals surface area contributed by atoms with Gasteiger partial charge in [-0.15, -0.1) is 0 Å². The van der Waals surface area contributed by atoms with Gasteiger partial charge in [-0.05, 0) is 67.6 Å². The number of carbonyl (C=O) groups excluding carboxylic acids is 1. The van der Waals surface area contributed by atoms with Gasteiger partial charge in [0.25, 0.3) is 5.91 Å². The first-order valence-corrected chi connectivity index (χ1v) is 12.5.